The molecule has 3 N–H and O–H groups in total. The van der Waals surface area contributed by atoms with Gasteiger partial charge in [-0.25, -0.2) is 4.98 Å². The fourth-order valence-corrected chi connectivity index (χ4v) is 8.05. The SMILES string of the molecule is [2H]C([2H])([2H])C([2H])(C([2H])([2H])[2H])[C@]([2H])(NC)C(=O)N[C@H](C(=O)N(C)[C@@H]([C@@H](C)CC)[C@@H](CC(=O)N1CCC[C@H]1[C@H](OC)[C@@H](C)C(=O)N[C@@H](Cc1ccccc1)c1nccs1)OC)C(C)C. The molecule has 1 aromatic carbocycles. The van der Waals surface area contributed by atoms with E-state index in [-0.39, 0.29) is 30.2 Å². The number of likely N-dealkylation sites (tertiary alicyclic amines) is 1. The summed E-state index contributed by atoms with van der Waals surface area (Å²) in [6.07, 6.45) is 2.41. The number of carbonyl (C=O) groups excluding carboxylic acids is 4. The van der Waals surface area contributed by atoms with E-state index in [0.29, 0.717) is 32.2 Å². The molecule has 3 rings (SSSR count). The lowest BCUT2D eigenvalue weighted by Gasteiger charge is -2.41. The van der Waals surface area contributed by atoms with Crippen LogP contribution in [-0.2, 0) is 35.1 Å². The van der Waals surface area contributed by atoms with Crippen molar-refractivity contribution in [3.63, 3.8) is 0 Å². The lowest BCUT2D eigenvalue weighted by atomic mass is 9.89. The van der Waals surface area contributed by atoms with Crippen molar-refractivity contribution < 1.29 is 39.6 Å². The Balaban J connectivity index is 1.86. The molecule has 1 aromatic heterocycles. The fourth-order valence-electron chi connectivity index (χ4n) is 7.36. The summed E-state index contributed by atoms with van der Waals surface area (Å²) in [7, 11) is 5.47. The Kier molecular flexibility index (Phi) is 13.6. The molecule has 1 saturated heterocycles. The van der Waals surface area contributed by atoms with Crippen molar-refractivity contribution in [1.82, 2.24) is 30.7 Å². The number of hydrogen-bond donors (Lipinski definition) is 3. The van der Waals surface area contributed by atoms with Crippen molar-refractivity contribution >= 4 is 35.0 Å². The van der Waals surface area contributed by atoms with Gasteiger partial charge in [0.05, 0.1) is 50.1 Å². The lowest BCUT2D eigenvalue weighted by Crippen LogP contribution is -2.59. The van der Waals surface area contributed by atoms with Gasteiger partial charge in [-0.05, 0) is 49.6 Å². The molecule has 4 amide bonds. The molecule has 2 heterocycles. The summed E-state index contributed by atoms with van der Waals surface area (Å²) in [5.74, 6) is -7.84. The summed E-state index contributed by atoms with van der Waals surface area (Å²) in [6.45, 7) is 1.99. The van der Waals surface area contributed by atoms with Crippen LogP contribution in [0.25, 0.3) is 0 Å². The number of amides is 4. The first kappa shape index (κ1) is 33.9. The molecule has 54 heavy (non-hydrogen) atoms. The minimum absolute atomic E-state index is 0.146. The van der Waals surface area contributed by atoms with Gasteiger partial charge in [0.25, 0.3) is 0 Å². The first-order valence-electron chi connectivity index (χ1n) is 22.7. The number of nitrogens with zero attached hydrogens (tertiary/aromatic N) is 3. The molecular formula is C41H66N6O6S. The Morgan fingerprint density at radius 2 is 1.78 bits per heavy atom. The van der Waals surface area contributed by atoms with Crippen molar-refractivity contribution in [1.29, 1.82) is 0 Å². The number of methoxy groups -OCH3 is 2. The quantitative estimate of drug-likeness (QED) is 0.164. The van der Waals surface area contributed by atoms with Gasteiger partial charge in [0.2, 0.25) is 23.6 Å². The highest BCUT2D eigenvalue weighted by molar-refractivity contribution is 7.09. The molecule has 1 fully saturated rings. The standard InChI is InChI=1S/C41H66N6O6S/c1-12-27(6)36(46(9)41(51)35(26(4)5)45-39(50)34(42-8)25(2)3)32(52-10)24-33(48)47-21-16-19-31(47)37(53-11)28(7)38(49)44-30(40-43-20-22-54-40)23-29-17-14-13-15-18-29/h13-15,17-18,20,22,25-28,30-32,34-37,42H,12,16,19,21,23-24H2,1-11H3,(H,44,49)(H,45,50)/t27-,28+,30-,31-,32+,34-,35-,36-,37+/m0/s1/i2D3,3D3,25D,34D. The normalized spacial score (nSPS) is 22.5. The third-order valence-electron chi connectivity index (χ3n) is 10.6. The molecule has 0 aliphatic carbocycles. The second kappa shape index (κ2) is 21.6. The van der Waals surface area contributed by atoms with E-state index in [1.54, 1.807) is 31.9 Å². The predicted molar refractivity (Wildman–Crippen MR) is 214 cm³/mol. The van der Waals surface area contributed by atoms with Gasteiger partial charge in [-0.1, -0.05) is 85.1 Å². The zero-order chi connectivity index (χ0) is 47.0. The number of likely N-dealkylation sites (N-methyl/N-ethyl adjacent to an activating group) is 2. The number of ether oxygens (including phenoxy) is 2. The van der Waals surface area contributed by atoms with Gasteiger partial charge < -0.3 is 35.2 Å². The third kappa shape index (κ3) is 11.6. The van der Waals surface area contributed by atoms with Crippen LogP contribution in [0.2, 0.25) is 0 Å². The molecule has 12 nitrogen and oxygen atoms in total. The maximum atomic E-state index is 14.4. The summed E-state index contributed by atoms with van der Waals surface area (Å²) in [5, 5.41) is 10.4. The maximum absolute atomic E-state index is 14.4. The van der Waals surface area contributed by atoms with Crippen LogP contribution in [-0.4, -0.2) is 110 Å². The minimum Gasteiger partial charge on any atom is -0.379 e. The Bertz CT molecular complexity index is 1760. The zero-order valence-corrected chi connectivity index (χ0v) is 34.0. The highest BCUT2D eigenvalue weighted by atomic mass is 32.1. The minimum atomic E-state index is -3.63. The number of benzene rings is 1. The molecule has 0 unspecified atom stereocenters. The average molecular weight is 779 g/mol. The van der Waals surface area contributed by atoms with Gasteiger partial charge in [0, 0.05) is 49.0 Å². The smallest absolute Gasteiger partial charge is 0.245 e. The summed E-state index contributed by atoms with van der Waals surface area (Å²) in [5.41, 5.74) is 1.04. The summed E-state index contributed by atoms with van der Waals surface area (Å²) >= 11 is 1.46. The molecule has 0 spiro atoms. The van der Waals surface area contributed by atoms with Crippen LogP contribution in [0.3, 0.4) is 0 Å². The summed E-state index contributed by atoms with van der Waals surface area (Å²) in [4.78, 5) is 64.1. The van der Waals surface area contributed by atoms with E-state index < -0.39 is 79.6 Å². The molecule has 2 aromatic rings. The van der Waals surface area contributed by atoms with Crippen LogP contribution >= 0.6 is 11.3 Å². The van der Waals surface area contributed by atoms with Gasteiger partial charge >= 0.3 is 0 Å². The Morgan fingerprint density at radius 3 is 2.33 bits per heavy atom. The van der Waals surface area contributed by atoms with Gasteiger partial charge in [0.15, 0.2) is 0 Å². The zero-order valence-electron chi connectivity index (χ0n) is 41.2. The number of nitrogens with one attached hydrogen (secondary N) is 3. The van der Waals surface area contributed by atoms with Crippen LogP contribution in [0.4, 0.5) is 0 Å². The van der Waals surface area contributed by atoms with E-state index in [0.717, 1.165) is 17.6 Å². The van der Waals surface area contributed by atoms with E-state index in [1.807, 2.05) is 49.6 Å². The van der Waals surface area contributed by atoms with E-state index in [1.165, 1.54) is 37.5 Å². The van der Waals surface area contributed by atoms with E-state index >= 15 is 0 Å². The van der Waals surface area contributed by atoms with Crippen molar-refractivity contribution in [2.24, 2.45) is 23.6 Å². The highest BCUT2D eigenvalue weighted by Crippen LogP contribution is 2.30. The molecule has 9 atom stereocenters. The molecule has 0 bridgehead atoms. The van der Waals surface area contributed by atoms with Crippen molar-refractivity contribution in [3.8, 4) is 0 Å². The topological polar surface area (TPSA) is 142 Å². The summed E-state index contributed by atoms with van der Waals surface area (Å²) < 4.78 is 76.7. The maximum Gasteiger partial charge on any atom is 0.245 e. The average Bonchev–Trinajstić information content (AvgIpc) is 3.94. The van der Waals surface area contributed by atoms with Crippen LogP contribution < -0.4 is 16.0 Å². The predicted octanol–water partition coefficient (Wildman–Crippen LogP) is 4.85. The van der Waals surface area contributed by atoms with Crippen LogP contribution in [0, 0.1) is 23.6 Å². The second-order valence-electron chi connectivity index (χ2n) is 14.4. The molecule has 13 heteroatoms. The highest BCUT2D eigenvalue weighted by Gasteiger charge is 2.43. The Labute approximate surface area is 338 Å². The Hall–Kier alpha value is -3.39. The Morgan fingerprint density at radius 1 is 1.07 bits per heavy atom. The number of thiazole rings is 1. The van der Waals surface area contributed by atoms with Crippen LogP contribution in [0.15, 0.2) is 41.9 Å². The first-order chi connectivity index (χ1) is 28.9. The molecule has 302 valence electrons. The van der Waals surface area contributed by atoms with Crippen molar-refractivity contribution in [2.45, 2.75) is 123 Å². The molecule has 0 radical (unpaired) electrons. The van der Waals surface area contributed by atoms with Gasteiger partial charge in [-0.15, -0.1) is 11.3 Å². The van der Waals surface area contributed by atoms with E-state index in [2.05, 4.69) is 20.9 Å². The van der Waals surface area contributed by atoms with Crippen LogP contribution in [0.1, 0.15) is 102 Å². The molecule has 1 aliphatic rings. The van der Waals surface area contributed by atoms with Gasteiger partial charge in [-0.2, -0.15) is 0 Å². The third-order valence-corrected chi connectivity index (χ3v) is 11.4. The lowest BCUT2D eigenvalue weighted by molar-refractivity contribution is -0.147. The summed E-state index contributed by atoms with van der Waals surface area (Å²) in [6, 6.07) is 3.61. The number of aromatic nitrogens is 1. The number of hydrogen-bond acceptors (Lipinski definition) is 9. The molecular weight excluding hydrogens is 705 g/mol. The molecule has 0 saturated carbocycles. The van der Waals surface area contributed by atoms with Crippen LogP contribution in [0.5, 0.6) is 0 Å². The monoisotopic (exact) mass is 779 g/mol. The largest absolute Gasteiger partial charge is 0.379 e. The van der Waals surface area contributed by atoms with Crippen molar-refractivity contribution in [3.05, 3.63) is 52.5 Å². The second-order valence-corrected chi connectivity index (χ2v) is 15.3. The fraction of sp³-hybridized carbons (Fsp3) is 0.683. The first-order valence-corrected chi connectivity index (χ1v) is 19.6. The number of carbonyl (C=O) groups is 4. The van der Waals surface area contributed by atoms with Crippen molar-refractivity contribution in [2.75, 3.05) is 34.9 Å². The number of rotatable bonds is 21. The molecule has 1 aliphatic heterocycles. The van der Waals surface area contributed by atoms with Gasteiger partial charge in [-0.3, -0.25) is 19.2 Å². The van der Waals surface area contributed by atoms with E-state index in [4.69, 9.17) is 20.4 Å². The van der Waals surface area contributed by atoms with Gasteiger partial charge in [0.1, 0.15) is 11.0 Å². The van der Waals surface area contributed by atoms with E-state index in [9.17, 15) is 19.2 Å².